The predicted molar refractivity (Wildman–Crippen MR) is 78.9 cm³/mol. The maximum absolute atomic E-state index is 5.75. The van der Waals surface area contributed by atoms with Crippen molar-refractivity contribution < 1.29 is 8.83 Å². The summed E-state index contributed by atoms with van der Waals surface area (Å²) in [7, 11) is 0. The van der Waals surface area contributed by atoms with E-state index in [1.165, 1.54) is 19.3 Å². The minimum Gasteiger partial charge on any atom is -0.451 e. The van der Waals surface area contributed by atoms with E-state index in [1.54, 1.807) is 0 Å². The van der Waals surface area contributed by atoms with Gasteiger partial charge in [0.25, 0.3) is 5.89 Å². The van der Waals surface area contributed by atoms with Crippen molar-refractivity contribution in [2.24, 2.45) is 0 Å². The second kappa shape index (κ2) is 5.33. The van der Waals surface area contributed by atoms with Gasteiger partial charge in [-0.1, -0.05) is 24.6 Å². The highest BCUT2D eigenvalue weighted by atomic mass is 16.4. The average molecular weight is 283 g/mol. The van der Waals surface area contributed by atoms with Crippen molar-refractivity contribution in [2.75, 3.05) is 6.54 Å². The third kappa shape index (κ3) is 2.56. The summed E-state index contributed by atoms with van der Waals surface area (Å²) in [6.07, 6.45) is 4.47. The zero-order valence-electron chi connectivity index (χ0n) is 11.7. The van der Waals surface area contributed by atoms with Crippen LogP contribution in [0.3, 0.4) is 0 Å². The zero-order chi connectivity index (χ0) is 14.1. The van der Waals surface area contributed by atoms with E-state index in [2.05, 4.69) is 15.5 Å². The van der Waals surface area contributed by atoms with Crippen LogP contribution in [0.2, 0.25) is 0 Å². The zero-order valence-corrected chi connectivity index (χ0v) is 11.7. The first-order chi connectivity index (χ1) is 10.4. The summed E-state index contributed by atoms with van der Waals surface area (Å²) in [6.45, 7) is 1.08. The van der Waals surface area contributed by atoms with Gasteiger partial charge in [-0.05, 0) is 31.5 Å². The van der Waals surface area contributed by atoms with E-state index in [0.29, 0.717) is 23.6 Å². The molecule has 0 bridgehead atoms. The maximum atomic E-state index is 5.75. The summed E-state index contributed by atoms with van der Waals surface area (Å²) < 4.78 is 11.5. The molecule has 4 rings (SSSR count). The molecule has 0 spiro atoms. The molecular formula is C16H17N3O2. The SMILES string of the molecule is c1ccc2oc(-c3nnc(C[C@@H]4CCCCN4)o3)cc2c1. The van der Waals surface area contributed by atoms with Gasteiger partial charge in [-0.15, -0.1) is 10.2 Å². The molecule has 108 valence electrons. The molecule has 0 amide bonds. The highest BCUT2D eigenvalue weighted by molar-refractivity contribution is 5.81. The van der Waals surface area contributed by atoms with Gasteiger partial charge in [0.05, 0.1) is 0 Å². The van der Waals surface area contributed by atoms with E-state index >= 15 is 0 Å². The van der Waals surface area contributed by atoms with Gasteiger partial charge in [0, 0.05) is 17.8 Å². The van der Waals surface area contributed by atoms with Crippen LogP contribution in [0.25, 0.3) is 22.6 Å². The van der Waals surface area contributed by atoms with E-state index in [0.717, 1.165) is 23.9 Å². The number of nitrogens with zero attached hydrogens (tertiary/aromatic N) is 2. The Morgan fingerprint density at radius 3 is 2.95 bits per heavy atom. The quantitative estimate of drug-likeness (QED) is 0.800. The lowest BCUT2D eigenvalue weighted by atomic mass is 10.0. The fourth-order valence-corrected chi connectivity index (χ4v) is 2.83. The van der Waals surface area contributed by atoms with Crippen LogP contribution in [0.15, 0.2) is 39.2 Å². The smallest absolute Gasteiger partial charge is 0.283 e. The summed E-state index contributed by atoms with van der Waals surface area (Å²) in [5, 5.41) is 12.8. The van der Waals surface area contributed by atoms with Gasteiger partial charge < -0.3 is 14.2 Å². The first-order valence-corrected chi connectivity index (χ1v) is 7.43. The first kappa shape index (κ1) is 12.6. The van der Waals surface area contributed by atoms with E-state index in [9.17, 15) is 0 Å². The molecule has 1 N–H and O–H groups in total. The standard InChI is InChI=1S/C16H17N3O2/c1-2-7-13-11(5-1)9-14(20-13)16-19-18-15(21-16)10-12-6-3-4-8-17-12/h1-2,5,7,9,12,17H,3-4,6,8,10H2/t12-/m0/s1. The van der Waals surface area contributed by atoms with Gasteiger partial charge in [0.15, 0.2) is 5.76 Å². The van der Waals surface area contributed by atoms with Crippen molar-refractivity contribution in [3.8, 4) is 11.7 Å². The molecule has 0 aliphatic carbocycles. The molecule has 21 heavy (non-hydrogen) atoms. The molecule has 5 heteroatoms. The molecule has 1 saturated heterocycles. The Morgan fingerprint density at radius 2 is 2.10 bits per heavy atom. The highest BCUT2D eigenvalue weighted by Crippen LogP contribution is 2.27. The van der Waals surface area contributed by atoms with Gasteiger partial charge in [0.1, 0.15) is 5.58 Å². The van der Waals surface area contributed by atoms with Crippen molar-refractivity contribution in [3.05, 3.63) is 36.2 Å². The van der Waals surface area contributed by atoms with E-state index < -0.39 is 0 Å². The summed E-state index contributed by atoms with van der Waals surface area (Å²) in [5.74, 6) is 1.76. The van der Waals surface area contributed by atoms with Crippen LogP contribution < -0.4 is 5.32 Å². The Balaban J connectivity index is 1.55. The fraction of sp³-hybridized carbons (Fsp3) is 0.375. The summed E-state index contributed by atoms with van der Waals surface area (Å²) >= 11 is 0. The van der Waals surface area contributed by atoms with Crippen molar-refractivity contribution in [1.82, 2.24) is 15.5 Å². The maximum Gasteiger partial charge on any atom is 0.283 e. The number of benzene rings is 1. The molecule has 2 aromatic heterocycles. The lowest BCUT2D eigenvalue weighted by Gasteiger charge is -2.21. The fourth-order valence-electron chi connectivity index (χ4n) is 2.83. The van der Waals surface area contributed by atoms with Crippen LogP contribution in [-0.2, 0) is 6.42 Å². The number of aromatic nitrogens is 2. The van der Waals surface area contributed by atoms with Crippen LogP contribution in [0.1, 0.15) is 25.2 Å². The Morgan fingerprint density at radius 1 is 1.14 bits per heavy atom. The summed E-state index contributed by atoms with van der Waals surface area (Å²) in [5.41, 5.74) is 0.834. The number of furan rings is 1. The van der Waals surface area contributed by atoms with Crippen molar-refractivity contribution in [3.63, 3.8) is 0 Å². The molecule has 0 unspecified atom stereocenters. The van der Waals surface area contributed by atoms with Gasteiger partial charge >= 0.3 is 0 Å². The number of fused-ring (bicyclic) bond motifs is 1. The Hall–Kier alpha value is -2.14. The monoisotopic (exact) mass is 283 g/mol. The minimum absolute atomic E-state index is 0.447. The van der Waals surface area contributed by atoms with Crippen LogP contribution in [0.5, 0.6) is 0 Å². The normalized spacial score (nSPS) is 19.1. The van der Waals surface area contributed by atoms with Crippen LogP contribution >= 0.6 is 0 Å². The third-order valence-electron chi connectivity index (χ3n) is 3.94. The summed E-state index contributed by atoms with van der Waals surface area (Å²) in [6, 6.07) is 10.3. The molecule has 3 aromatic rings. The third-order valence-corrected chi connectivity index (χ3v) is 3.94. The van der Waals surface area contributed by atoms with Crippen LogP contribution in [-0.4, -0.2) is 22.8 Å². The number of nitrogens with one attached hydrogen (secondary N) is 1. The molecule has 1 fully saturated rings. The molecule has 3 heterocycles. The second-order valence-electron chi connectivity index (χ2n) is 5.50. The Kier molecular flexibility index (Phi) is 3.20. The topological polar surface area (TPSA) is 64.1 Å². The van der Waals surface area contributed by atoms with E-state index in [4.69, 9.17) is 8.83 Å². The molecule has 0 saturated carbocycles. The largest absolute Gasteiger partial charge is 0.451 e. The first-order valence-electron chi connectivity index (χ1n) is 7.43. The number of para-hydroxylation sites is 1. The van der Waals surface area contributed by atoms with Crippen molar-refractivity contribution >= 4 is 11.0 Å². The lowest BCUT2D eigenvalue weighted by Crippen LogP contribution is -2.35. The molecule has 1 atom stereocenters. The minimum atomic E-state index is 0.447. The highest BCUT2D eigenvalue weighted by Gasteiger charge is 2.18. The molecular weight excluding hydrogens is 266 g/mol. The molecule has 0 radical (unpaired) electrons. The second-order valence-corrected chi connectivity index (χ2v) is 5.50. The van der Waals surface area contributed by atoms with E-state index in [-0.39, 0.29) is 0 Å². The van der Waals surface area contributed by atoms with Crippen molar-refractivity contribution in [2.45, 2.75) is 31.7 Å². The number of piperidine rings is 1. The predicted octanol–water partition coefficient (Wildman–Crippen LogP) is 3.17. The van der Waals surface area contributed by atoms with E-state index in [1.807, 2.05) is 30.3 Å². The van der Waals surface area contributed by atoms with Crippen LogP contribution in [0, 0.1) is 0 Å². The van der Waals surface area contributed by atoms with Crippen molar-refractivity contribution in [1.29, 1.82) is 0 Å². The van der Waals surface area contributed by atoms with Crippen LogP contribution in [0.4, 0.5) is 0 Å². The molecule has 1 aromatic carbocycles. The molecule has 5 nitrogen and oxygen atoms in total. The number of hydrogen-bond donors (Lipinski definition) is 1. The van der Waals surface area contributed by atoms with Gasteiger partial charge in [-0.3, -0.25) is 0 Å². The van der Waals surface area contributed by atoms with Gasteiger partial charge in [-0.25, -0.2) is 0 Å². The lowest BCUT2D eigenvalue weighted by molar-refractivity contribution is 0.368. The molecule has 1 aliphatic heterocycles. The molecule has 1 aliphatic rings. The van der Waals surface area contributed by atoms with Gasteiger partial charge in [-0.2, -0.15) is 0 Å². The average Bonchev–Trinajstić information content (AvgIpc) is 3.14. The number of rotatable bonds is 3. The van der Waals surface area contributed by atoms with Gasteiger partial charge in [0.2, 0.25) is 5.89 Å². The Bertz CT molecular complexity index is 708. The summed E-state index contributed by atoms with van der Waals surface area (Å²) in [4.78, 5) is 0. The number of hydrogen-bond acceptors (Lipinski definition) is 5. The Labute approximate surface area is 122 Å².